The van der Waals surface area contributed by atoms with Crippen LogP contribution in [-0.2, 0) is 11.2 Å². The lowest BCUT2D eigenvalue weighted by Gasteiger charge is -2.06. The van der Waals surface area contributed by atoms with Crippen LogP contribution in [0.1, 0.15) is 5.56 Å². The Kier molecular flexibility index (Phi) is 6.10. The molecule has 0 saturated heterocycles. The number of nitrogens with zero attached hydrogens (tertiary/aromatic N) is 1. The lowest BCUT2D eigenvalue weighted by Crippen LogP contribution is -2.21. The molecule has 1 rings (SSSR count). The molecular formula is C12H18N2O4. The summed E-state index contributed by atoms with van der Waals surface area (Å²) in [5.74, 6) is 0.510. The molecule has 1 aromatic carbocycles. The third-order valence-electron chi connectivity index (χ3n) is 2.47. The number of hydrogen-bond acceptors (Lipinski definition) is 5. The fourth-order valence-electron chi connectivity index (χ4n) is 1.54. The van der Waals surface area contributed by atoms with Crippen molar-refractivity contribution in [1.29, 1.82) is 0 Å². The summed E-state index contributed by atoms with van der Waals surface area (Å²) < 4.78 is 9.96. The second-order valence-corrected chi connectivity index (χ2v) is 3.79. The Hall–Kier alpha value is -1.66. The van der Waals surface area contributed by atoms with Gasteiger partial charge in [-0.05, 0) is 24.6 Å². The lowest BCUT2D eigenvalue weighted by molar-refractivity contribution is -0.385. The van der Waals surface area contributed by atoms with Gasteiger partial charge < -0.3 is 14.8 Å². The summed E-state index contributed by atoms with van der Waals surface area (Å²) in [5, 5.41) is 13.9. The Labute approximate surface area is 106 Å². The molecule has 6 nitrogen and oxygen atoms in total. The first-order valence-electron chi connectivity index (χ1n) is 5.69. The van der Waals surface area contributed by atoms with Crippen molar-refractivity contribution in [3.05, 3.63) is 33.9 Å². The van der Waals surface area contributed by atoms with Crippen LogP contribution in [0.5, 0.6) is 5.75 Å². The van der Waals surface area contributed by atoms with Gasteiger partial charge >= 0.3 is 0 Å². The highest BCUT2D eigenvalue weighted by atomic mass is 16.6. The van der Waals surface area contributed by atoms with Crippen molar-refractivity contribution in [2.45, 2.75) is 6.42 Å². The van der Waals surface area contributed by atoms with E-state index in [2.05, 4.69) is 5.32 Å². The van der Waals surface area contributed by atoms with Crippen molar-refractivity contribution in [3.8, 4) is 5.75 Å². The normalized spacial score (nSPS) is 10.3. The van der Waals surface area contributed by atoms with E-state index in [4.69, 9.17) is 9.47 Å². The van der Waals surface area contributed by atoms with Gasteiger partial charge in [0.2, 0.25) is 0 Å². The molecule has 0 spiro atoms. The van der Waals surface area contributed by atoms with Gasteiger partial charge in [0, 0.05) is 19.7 Å². The smallest absolute Gasteiger partial charge is 0.273 e. The van der Waals surface area contributed by atoms with Crippen molar-refractivity contribution in [2.24, 2.45) is 0 Å². The molecule has 0 heterocycles. The second-order valence-electron chi connectivity index (χ2n) is 3.79. The van der Waals surface area contributed by atoms with Gasteiger partial charge in [0.05, 0.1) is 24.7 Å². The molecule has 18 heavy (non-hydrogen) atoms. The van der Waals surface area contributed by atoms with Crippen LogP contribution in [0.2, 0.25) is 0 Å². The number of nitro benzene ring substituents is 1. The Morgan fingerprint density at radius 3 is 2.67 bits per heavy atom. The van der Waals surface area contributed by atoms with E-state index >= 15 is 0 Å². The van der Waals surface area contributed by atoms with Crippen molar-refractivity contribution in [2.75, 3.05) is 33.9 Å². The van der Waals surface area contributed by atoms with Gasteiger partial charge in [0.15, 0.2) is 0 Å². The molecule has 0 aliphatic carbocycles. The van der Waals surface area contributed by atoms with E-state index < -0.39 is 4.92 Å². The zero-order chi connectivity index (χ0) is 13.4. The van der Waals surface area contributed by atoms with Gasteiger partial charge in [-0.1, -0.05) is 0 Å². The highest BCUT2D eigenvalue weighted by Gasteiger charge is 2.09. The molecule has 1 N–H and O–H groups in total. The Morgan fingerprint density at radius 1 is 1.28 bits per heavy atom. The first-order chi connectivity index (χ1) is 8.67. The van der Waals surface area contributed by atoms with Gasteiger partial charge in [-0.2, -0.15) is 0 Å². The van der Waals surface area contributed by atoms with Crippen LogP contribution in [0, 0.1) is 10.1 Å². The van der Waals surface area contributed by atoms with E-state index in [-0.39, 0.29) is 5.69 Å². The number of hydrogen-bond donors (Lipinski definition) is 1. The molecule has 0 fully saturated rings. The minimum absolute atomic E-state index is 0.0567. The van der Waals surface area contributed by atoms with Crippen LogP contribution in [0.4, 0.5) is 5.69 Å². The van der Waals surface area contributed by atoms with Gasteiger partial charge in [-0.3, -0.25) is 10.1 Å². The van der Waals surface area contributed by atoms with Crippen LogP contribution in [0.25, 0.3) is 0 Å². The Bertz CT molecular complexity index is 396. The first-order valence-corrected chi connectivity index (χ1v) is 5.69. The first kappa shape index (κ1) is 14.4. The number of nitrogens with one attached hydrogen (secondary N) is 1. The van der Waals surface area contributed by atoms with E-state index in [1.165, 1.54) is 13.2 Å². The molecule has 0 aliphatic rings. The third-order valence-corrected chi connectivity index (χ3v) is 2.47. The highest BCUT2D eigenvalue weighted by Crippen LogP contribution is 2.22. The van der Waals surface area contributed by atoms with Crippen molar-refractivity contribution < 1.29 is 14.4 Å². The predicted octanol–water partition coefficient (Wildman–Crippen LogP) is 1.38. The van der Waals surface area contributed by atoms with Gasteiger partial charge in [0.25, 0.3) is 5.69 Å². The maximum absolute atomic E-state index is 10.8. The Morgan fingerprint density at radius 2 is 2.06 bits per heavy atom. The van der Waals surface area contributed by atoms with Gasteiger partial charge in [0.1, 0.15) is 5.75 Å². The molecular weight excluding hydrogens is 236 g/mol. The SMILES string of the molecule is COCCNCCc1cc(OC)cc([N+](=O)[O-])c1. The molecule has 0 bridgehead atoms. The minimum atomic E-state index is -0.412. The van der Waals surface area contributed by atoms with Crippen molar-refractivity contribution in [1.82, 2.24) is 5.32 Å². The fraction of sp³-hybridized carbons (Fsp3) is 0.500. The quantitative estimate of drug-likeness (QED) is 0.431. The second kappa shape index (κ2) is 7.62. The van der Waals surface area contributed by atoms with Crippen LogP contribution >= 0.6 is 0 Å². The van der Waals surface area contributed by atoms with Gasteiger partial charge in [-0.15, -0.1) is 0 Å². The molecule has 0 aliphatic heterocycles. The summed E-state index contributed by atoms with van der Waals surface area (Å²) in [4.78, 5) is 10.3. The maximum atomic E-state index is 10.8. The predicted molar refractivity (Wildman–Crippen MR) is 68.1 cm³/mol. The Balaban J connectivity index is 2.58. The molecule has 0 saturated carbocycles. The van der Waals surface area contributed by atoms with E-state index in [9.17, 15) is 10.1 Å². The molecule has 0 aromatic heterocycles. The molecule has 0 unspecified atom stereocenters. The standard InChI is InChI=1S/C12H18N2O4/c1-17-6-5-13-4-3-10-7-11(14(15)16)9-12(8-10)18-2/h7-9,13H,3-6H2,1-2H3. The molecule has 0 amide bonds. The molecule has 6 heteroatoms. The summed E-state index contributed by atoms with van der Waals surface area (Å²) in [5.41, 5.74) is 0.937. The molecule has 1 aromatic rings. The number of benzene rings is 1. The number of methoxy groups -OCH3 is 2. The lowest BCUT2D eigenvalue weighted by atomic mass is 10.1. The molecule has 100 valence electrons. The number of rotatable bonds is 8. The number of nitro groups is 1. The van der Waals surface area contributed by atoms with Crippen LogP contribution < -0.4 is 10.1 Å². The third kappa shape index (κ3) is 4.68. The summed E-state index contributed by atoms with van der Waals surface area (Å²) in [7, 11) is 3.15. The summed E-state index contributed by atoms with van der Waals surface area (Å²) >= 11 is 0. The zero-order valence-corrected chi connectivity index (χ0v) is 10.6. The molecule has 0 radical (unpaired) electrons. The summed E-state index contributed by atoms with van der Waals surface area (Å²) in [6.45, 7) is 2.16. The average Bonchev–Trinajstić information content (AvgIpc) is 2.38. The summed E-state index contributed by atoms with van der Waals surface area (Å²) in [6.07, 6.45) is 0.710. The maximum Gasteiger partial charge on any atom is 0.273 e. The van der Waals surface area contributed by atoms with Crippen LogP contribution in [0.15, 0.2) is 18.2 Å². The minimum Gasteiger partial charge on any atom is -0.496 e. The fourth-order valence-corrected chi connectivity index (χ4v) is 1.54. The number of non-ortho nitro benzene ring substituents is 1. The largest absolute Gasteiger partial charge is 0.496 e. The van der Waals surface area contributed by atoms with E-state index in [1.807, 2.05) is 6.07 Å². The van der Waals surface area contributed by atoms with Crippen LogP contribution in [-0.4, -0.2) is 38.8 Å². The van der Waals surface area contributed by atoms with Crippen molar-refractivity contribution in [3.63, 3.8) is 0 Å². The number of ether oxygens (including phenoxy) is 2. The summed E-state index contributed by atoms with van der Waals surface area (Å²) in [6, 6.07) is 4.80. The molecule has 0 atom stereocenters. The van der Waals surface area contributed by atoms with Crippen molar-refractivity contribution >= 4 is 5.69 Å². The zero-order valence-electron chi connectivity index (χ0n) is 10.6. The topological polar surface area (TPSA) is 73.6 Å². The van der Waals surface area contributed by atoms with E-state index in [0.29, 0.717) is 18.8 Å². The monoisotopic (exact) mass is 254 g/mol. The highest BCUT2D eigenvalue weighted by molar-refractivity contribution is 5.42. The average molecular weight is 254 g/mol. The van der Waals surface area contributed by atoms with E-state index in [0.717, 1.165) is 18.7 Å². The van der Waals surface area contributed by atoms with Gasteiger partial charge in [-0.25, -0.2) is 0 Å². The van der Waals surface area contributed by atoms with Crippen LogP contribution in [0.3, 0.4) is 0 Å². The van der Waals surface area contributed by atoms with E-state index in [1.54, 1.807) is 13.2 Å².